The maximum Gasteiger partial charge on any atom is 0.337 e. The fraction of sp³-hybridized carbons (Fsp3) is 0.833. The summed E-state index contributed by atoms with van der Waals surface area (Å²) in [7, 11) is 0. The quantitative estimate of drug-likeness (QED) is 0.328. The van der Waals surface area contributed by atoms with Crippen molar-refractivity contribution in [3.05, 3.63) is 0 Å². The van der Waals surface area contributed by atoms with E-state index in [1.165, 1.54) is 25.6 Å². The first-order valence-corrected chi connectivity index (χ1v) is 10.0. The van der Waals surface area contributed by atoms with Crippen LogP contribution in [-0.4, -0.2) is 71.2 Å². The maximum atomic E-state index is 12.5. The molecular weight excluding hydrogens is 376 g/mol. The normalized spacial score (nSPS) is 13.9. The van der Waals surface area contributed by atoms with Crippen LogP contribution in [0.3, 0.4) is 0 Å². The lowest BCUT2D eigenvalue weighted by atomic mass is 9.93. The van der Waals surface area contributed by atoms with E-state index in [0.29, 0.717) is 17.9 Å². The van der Waals surface area contributed by atoms with Crippen molar-refractivity contribution in [2.24, 2.45) is 5.41 Å². The number of esters is 2. The summed E-state index contributed by atoms with van der Waals surface area (Å²) in [6.07, 6.45) is 0.565. The highest BCUT2D eigenvalue weighted by molar-refractivity contribution is 7.99. The van der Waals surface area contributed by atoms with Gasteiger partial charge in [0.1, 0.15) is 12.0 Å². The zero-order chi connectivity index (χ0) is 21.1. The zero-order valence-electron chi connectivity index (χ0n) is 16.8. The molecule has 0 spiro atoms. The minimum atomic E-state index is -1.66. The molecule has 0 amide bonds. The van der Waals surface area contributed by atoms with Gasteiger partial charge in [0.15, 0.2) is 5.60 Å². The Balaban J connectivity index is 4.52. The van der Waals surface area contributed by atoms with Crippen LogP contribution in [0.25, 0.3) is 0 Å². The Hall–Kier alpha value is -1.32. The number of carbonyl (C=O) groups excluding carboxylic acids is 2. The highest BCUT2D eigenvalue weighted by atomic mass is 32.2. The topological polar surface area (TPSA) is 119 Å². The van der Waals surface area contributed by atoms with Crippen LogP contribution in [0.4, 0.5) is 0 Å². The molecule has 0 aliphatic heterocycles. The van der Waals surface area contributed by atoms with Crippen LogP contribution in [0.15, 0.2) is 0 Å². The molecule has 1 atom stereocenters. The van der Waals surface area contributed by atoms with Gasteiger partial charge in [-0.15, -0.1) is 0 Å². The predicted molar refractivity (Wildman–Crippen MR) is 102 cm³/mol. The molecule has 27 heavy (non-hydrogen) atoms. The number of aliphatic carboxylic acids is 1. The van der Waals surface area contributed by atoms with E-state index in [-0.39, 0.29) is 32.3 Å². The van der Waals surface area contributed by atoms with E-state index in [2.05, 4.69) is 0 Å². The molecule has 2 N–H and O–H groups in total. The molecule has 158 valence electrons. The Labute approximate surface area is 164 Å². The number of carboxylic acid groups (broad SMARTS) is 1. The molecule has 1 unspecified atom stereocenters. The second-order valence-corrected chi connectivity index (χ2v) is 8.53. The molecule has 0 fully saturated rings. The molecular formula is C18H32O8S. The molecule has 0 rings (SSSR count). The van der Waals surface area contributed by atoms with Crippen molar-refractivity contribution in [1.29, 1.82) is 0 Å². The van der Waals surface area contributed by atoms with E-state index < -0.39 is 28.9 Å². The number of rotatable bonds is 14. The molecule has 0 aliphatic rings. The fourth-order valence-corrected chi connectivity index (χ4v) is 2.52. The van der Waals surface area contributed by atoms with E-state index in [1.54, 1.807) is 6.92 Å². The van der Waals surface area contributed by atoms with Crippen LogP contribution in [-0.2, 0) is 28.6 Å². The molecule has 0 bridgehead atoms. The first kappa shape index (κ1) is 25.7. The van der Waals surface area contributed by atoms with E-state index in [0.717, 1.165) is 0 Å². The molecule has 0 heterocycles. The molecule has 0 radical (unpaired) electrons. The molecule has 0 aromatic carbocycles. The zero-order valence-corrected chi connectivity index (χ0v) is 17.6. The standard InChI is InChI=1S/C18H32O8S/c1-13(2)25-11-18(5,12-26-15(21)17(3,4)23)16(22)24-8-6-9-27-10-7-14(19)20/h13,23H,6-12H2,1-5H3,(H,19,20). The molecule has 0 aliphatic carbocycles. The molecule has 0 saturated heterocycles. The van der Waals surface area contributed by atoms with Crippen LogP contribution in [0.2, 0.25) is 0 Å². The number of carbonyl (C=O) groups is 3. The minimum Gasteiger partial charge on any atom is -0.481 e. The first-order valence-electron chi connectivity index (χ1n) is 8.86. The third kappa shape index (κ3) is 11.9. The van der Waals surface area contributed by atoms with Crippen LogP contribution < -0.4 is 0 Å². The highest BCUT2D eigenvalue weighted by Gasteiger charge is 2.39. The summed E-state index contributed by atoms with van der Waals surface area (Å²) in [5.74, 6) is -1.04. The van der Waals surface area contributed by atoms with Crippen molar-refractivity contribution in [2.45, 2.75) is 59.2 Å². The third-order valence-electron chi connectivity index (χ3n) is 3.38. The largest absolute Gasteiger partial charge is 0.481 e. The van der Waals surface area contributed by atoms with Crippen LogP contribution in [0.1, 0.15) is 47.5 Å². The second-order valence-electron chi connectivity index (χ2n) is 7.30. The van der Waals surface area contributed by atoms with Crippen LogP contribution in [0.5, 0.6) is 0 Å². The number of carboxylic acids is 1. The van der Waals surface area contributed by atoms with E-state index in [4.69, 9.17) is 19.3 Å². The van der Waals surface area contributed by atoms with Crippen molar-refractivity contribution in [3.63, 3.8) is 0 Å². The Morgan fingerprint density at radius 3 is 2.15 bits per heavy atom. The minimum absolute atomic E-state index is 0.00992. The maximum absolute atomic E-state index is 12.5. The Kier molecular flexibility index (Phi) is 11.6. The van der Waals surface area contributed by atoms with E-state index in [9.17, 15) is 19.5 Å². The van der Waals surface area contributed by atoms with Gasteiger partial charge in [-0.2, -0.15) is 11.8 Å². The summed E-state index contributed by atoms with van der Waals surface area (Å²) in [4.78, 5) is 34.7. The number of hydrogen-bond donors (Lipinski definition) is 2. The van der Waals surface area contributed by atoms with E-state index >= 15 is 0 Å². The van der Waals surface area contributed by atoms with Gasteiger partial charge in [-0.25, -0.2) is 4.79 Å². The van der Waals surface area contributed by atoms with Crippen molar-refractivity contribution in [1.82, 2.24) is 0 Å². The van der Waals surface area contributed by atoms with Crippen LogP contribution >= 0.6 is 11.8 Å². The summed E-state index contributed by atoms with van der Waals surface area (Å²) >= 11 is 1.48. The number of aliphatic hydroxyl groups is 1. The number of hydrogen-bond acceptors (Lipinski definition) is 8. The SMILES string of the molecule is CC(C)OCC(C)(COC(=O)C(C)(C)O)C(=O)OCCCSCCC(=O)O. The predicted octanol–water partition coefficient (Wildman–Crippen LogP) is 1.87. The lowest BCUT2D eigenvalue weighted by Crippen LogP contribution is -2.43. The van der Waals surface area contributed by atoms with Gasteiger partial charge in [0.25, 0.3) is 0 Å². The van der Waals surface area contributed by atoms with Crippen LogP contribution in [0, 0.1) is 5.41 Å². The molecule has 0 aromatic heterocycles. The summed E-state index contributed by atoms with van der Waals surface area (Å²) in [5, 5.41) is 18.2. The van der Waals surface area contributed by atoms with Gasteiger partial charge >= 0.3 is 17.9 Å². The number of thioether (sulfide) groups is 1. The van der Waals surface area contributed by atoms with Crippen molar-refractivity contribution in [3.8, 4) is 0 Å². The third-order valence-corrected chi connectivity index (χ3v) is 4.45. The first-order chi connectivity index (χ1) is 12.4. The number of ether oxygens (including phenoxy) is 3. The van der Waals surface area contributed by atoms with Gasteiger partial charge in [-0.05, 0) is 46.8 Å². The van der Waals surface area contributed by atoms with Crippen molar-refractivity contribution >= 4 is 29.7 Å². The fourth-order valence-electron chi connectivity index (χ4n) is 1.67. The summed E-state index contributed by atoms with van der Waals surface area (Å²) in [5.41, 5.74) is -2.85. The van der Waals surface area contributed by atoms with Gasteiger partial charge in [0.05, 0.1) is 25.7 Å². The lowest BCUT2D eigenvalue weighted by Gasteiger charge is -2.28. The van der Waals surface area contributed by atoms with Crippen molar-refractivity contribution in [2.75, 3.05) is 31.3 Å². The Morgan fingerprint density at radius 1 is 1.00 bits per heavy atom. The Morgan fingerprint density at radius 2 is 1.63 bits per heavy atom. The average molecular weight is 409 g/mol. The van der Waals surface area contributed by atoms with Crippen molar-refractivity contribution < 1.29 is 38.8 Å². The van der Waals surface area contributed by atoms with E-state index in [1.807, 2.05) is 13.8 Å². The smallest absolute Gasteiger partial charge is 0.337 e. The summed E-state index contributed by atoms with van der Waals surface area (Å²) < 4.78 is 15.9. The van der Waals surface area contributed by atoms with Gasteiger partial charge in [0.2, 0.25) is 0 Å². The van der Waals surface area contributed by atoms with Gasteiger partial charge in [-0.3, -0.25) is 9.59 Å². The van der Waals surface area contributed by atoms with Gasteiger partial charge < -0.3 is 24.4 Å². The lowest BCUT2D eigenvalue weighted by molar-refractivity contribution is -0.176. The Bertz CT molecular complexity index is 486. The molecule has 8 nitrogen and oxygen atoms in total. The van der Waals surface area contributed by atoms with Gasteiger partial charge in [0, 0.05) is 5.75 Å². The monoisotopic (exact) mass is 408 g/mol. The highest BCUT2D eigenvalue weighted by Crippen LogP contribution is 2.22. The summed E-state index contributed by atoms with van der Waals surface area (Å²) in [6.45, 7) is 7.75. The molecule has 0 aromatic rings. The average Bonchev–Trinajstić information content (AvgIpc) is 2.55. The molecule has 0 saturated carbocycles. The second kappa shape index (κ2) is 12.2. The van der Waals surface area contributed by atoms with Gasteiger partial charge in [-0.1, -0.05) is 0 Å². The summed E-state index contributed by atoms with van der Waals surface area (Å²) in [6, 6.07) is 0. The molecule has 9 heteroatoms.